The third kappa shape index (κ3) is 9.38. The standard InChI is InChI=1S/C40H57N3O9/c1-26-14-19-32(40-35(51-28(3)45)33(50-27(2)44)24-39(52-40,25-49-40)38(6,7)48)23-31(26)22-30-17-15-29(16-18-30)12-11-13-34(46)41-37(4,5)36(47)43(10)21-20-42(8)9/h14-19,23,33,35,48H,11-13,20-22,24-25H2,1-10H3,(H,41,46)/t33-,35+,39+,40-/m0/s1. The number of ether oxygens (including phenoxy) is 4. The van der Waals surface area contributed by atoms with Crippen molar-refractivity contribution in [1.29, 1.82) is 0 Å². The van der Waals surface area contributed by atoms with Gasteiger partial charge in [0.25, 0.3) is 0 Å². The van der Waals surface area contributed by atoms with Crippen molar-refractivity contribution in [2.45, 2.75) is 115 Å². The minimum absolute atomic E-state index is 0.00262. The van der Waals surface area contributed by atoms with Crippen molar-refractivity contribution in [2.24, 2.45) is 0 Å². The van der Waals surface area contributed by atoms with E-state index in [1.165, 1.54) is 13.8 Å². The fourth-order valence-electron chi connectivity index (χ4n) is 6.97. The maximum atomic E-state index is 12.9. The Bertz CT molecular complexity index is 1620. The van der Waals surface area contributed by atoms with Gasteiger partial charge in [-0.05, 0) is 96.3 Å². The predicted molar refractivity (Wildman–Crippen MR) is 195 cm³/mol. The maximum absolute atomic E-state index is 12.9. The van der Waals surface area contributed by atoms with Crippen molar-refractivity contribution in [3.05, 3.63) is 70.3 Å². The van der Waals surface area contributed by atoms with Gasteiger partial charge in [0.05, 0.1) is 12.2 Å². The van der Waals surface area contributed by atoms with Gasteiger partial charge in [0.1, 0.15) is 17.2 Å². The molecule has 4 rings (SSSR count). The number of esters is 2. The van der Waals surface area contributed by atoms with E-state index in [9.17, 15) is 24.3 Å². The molecule has 0 radical (unpaired) electrons. The van der Waals surface area contributed by atoms with Crippen LogP contribution in [0.5, 0.6) is 0 Å². The number of nitrogens with one attached hydrogen (secondary N) is 1. The normalized spacial score (nSPS) is 22.9. The Labute approximate surface area is 308 Å². The molecular formula is C40H57N3O9. The number of nitrogens with zero attached hydrogens (tertiary/aromatic N) is 2. The number of hydrogen-bond donors (Lipinski definition) is 2. The lowest BCUT2D eigenvalue weighted by molar-refractivity contribution is -0.323. The zero-order chi connectivity index (χ0) is 38.6. The Balaban J connectivity index is 1.45. The lowest BCUT2D eigenvalue weighted by atomic mass is 9.77. The van der Waals surface area contributed by atoms with Crippen LogP contribution in [0.3, 0.4) is 0 Å². The summed E-state index contributed by atoms with van der Waals surface area (Å²) in [6.07, 6.45) is 0.301. The number of rotatable bonds is 15. The van der Waals surface area contributed by atoms with Gasteiger partial charge in [-0.25, -0.2) is 0 Å². The Hall–Kier alpha value is -3.84. The summed E-state index contributed by atoms with van der Waals surface area (Å²) in [5.74, 6) is -3.03. The molecule has 0 aliphatic carbocycles. The molecule has 0 unspecified atom stereocenters. The van der Waals surface area contributed by atoms with Crippen LogP contribution < -0.4 is 5.32 Å². The first-order valence-electron chi connectivity index (χ1n) is 18.0. The molecule has 2 aliphatic rings. The molecule has 2 aromatic carbocycles. The second-order valence-corrected chi connectivity index (χ2v) is 15.7. The van der Waals surface area contributed by atoms with Gasteiger partial charge in [-0.1, -0.05) is 36.4 Å². The molecule has 2 bridgehead atoms. The van der Waals surface area contributed by atoms with Crippen LogP contribution in [0.4, 0.5) is 0 Å². The van der Waals surface area contributed by atoms with Crippen LogP contribution in [-0.4, -0.2) is 108 Å². The van der Waals surface area contributed by atoms with E-state index in [0.717, 1.165) is 28.8 Å². The number of aliphatic hydroxyl groups is 1. The van der Waals surface area contributed by atoms with E-state index in [0.29, 0.717) is 37.8 Å². The molecule has 0 saturated carbocycles. The van der Waals surface area contributed by atoms with Gasteiger partial charge in [-0.3, -0.25) is 19.2 Å². The Morgan fingerprint density at radius 2 is 1.58 bits per heavy atom. The highest BCUT2D eigenvalue weighted by molar-refractivity contribution is 5.90. The van der Waals surface area contributed by atoms with E-state index in [4.69, 9.17) is 18.9 Å². The van der Waals surface area contributed by atoms with E-state index in [2.05, 4.69) is 29.6 Å². The summed E-state index contributed by atoms with van der Waals surface area (Å²) in [6.45, 7) is 12.6. The summed E-state index contributed by atoms with van der Waals surface area (Å²) >= 11 is 0. The Morgan fingerprint density at radius 1 is 0.942 bits per heavy atom. The minimum atomic E-state index is -1.62. The second-order valence-electron chi connectivity index (χ2n) is 15.7. The first-order valence-corrected chi connectivity index (χ1v) is 18.0. The van der Waals surface area contributed by atoms with Crippen molar-refractivity contribution < 1.29 is 43.2 Å². The van der Waals surface area contributed by atoms with Gasteiger partial charge in [0.2, 0.25) is 17.6 Å². The lowest BCUT2D eigenvalue weighted by Gasteiger charge is -2.49. The summed E-state index contributed by atoms with van der Waals surface area (Å²) in [7, 11) is 5.66. The zero-order valence-corrected chi connectivity index (χ0v) is 32.5. The number of fused-ring (bicyclic) bond motifs is 2. The molecule has 2 saturated heterocycles. The third-order valence-electron chi connectivity index (χ3n) is 10.1. The summed E-state index contributed by atoms with van der Waals surface area (Å²) in [6, 6.07) is 14.0. The molecule has 0 spiro atoms. The quantitative estimate of drug-likeness (QED) is 0.261. The van der Waals surface area contributed by atoms with E-state index >= 15 is 0 Å². The van der Waals surface area contributed by atoms with E-state index in [1.54, 1.807) is 39.6 Å². The van der Waals surface area contributed by atoms with Crippen LogP contribution in [0.25, 0.3) is 0 Å². The lowest BCUT2D eigenvalue weighted by Crippen LogP contribution is -2.64. The van der Waals surface area contributed by atoms with Crippen LogP contribution in [0.2, 0.25) is 0 Å². The number of amides is 2. The monoisotopic (exact) mass is 723 g/mol. The Morgan fingerprint density at radius 3 is 2.17 bits per heavy atom. The van der Waals surface area contributed by atoms with Gasteiger partial charge in [-0.15, -0.1) is 0 Å². The zero-order valence-electron chi connectivity index (χ0n) is 32.5. The summed E-state index contributed by atoms with van der Waals surface area (Å²) in [5, 5.41) is 14.1. The van der Waals surface area contributed by atoms with Crippen LogP contribution in [0, 0.1) is 6.92 Å². The summed E-state index contributed by atoms with van der Waals surface area (Å²) in [5.41, 5.74) is 1.18. The highest BCUT2D eigenvalue weighted by Gasteiger charge is 2.69. The number of benzene rings is 2. The smallest absolute Gasteiger partial charge is 0.303 e. The van der Waals surface area contributed by atoms with Gasteiger partial charge in [-0.2, -0.15) is 0 Å². The number of carbonyl (C=O) groups excluding carboxylic acids is 4. The molecule has 2 aliphatic heterocycles. The first-order chi connectivity index (χ1) is 24.2. The fourth-order valence-corrected chi connectivity index (χ4v) is 6.97. The highest BCUT2D eigenvalue weighted by atomic mass is 16.8. The number of carbonyl (C=O) groups is 4. The number of aryl methyl sites for hydroxylation is 2. The summed E-state index contributed by atoms with van der Waals surface area (Å²) in [4.78, 5) is 53.8. The van der Waals surface area contributed by atoms with E-state index < -0.39 is 46.7 Å². The van der Waals surface area contributed by atoms with Crippen molar-refractivity contribution in [3.8, 4) is 0 Å². The largest absolute Gasteiger partial charge is 0.458 e. The summed E-state index contributed by atoms with van der Waals surface area (Å²) < 4.78 is 24.5. The number of hydrogen-bond acceptors (Lipinski definition) is 10. The first kappa shape index (κ1) is 40.9. The molecule has 2 N–H and O–H groups in total. The van der Waals surface area contributed by atoms with Crippen LogP contribution in [0.1, 0.15) is 88.6 Å². The number of likely N-dealkylation sites (N-methyl/N-ethyl adjacent to an activating group) is 2. The average molecular weight is 724 g/mol. The van der Waals surface area contributed by atoms with Gasteiger partial charge in [0, 0.05) is 52.4 Å². The SMILES string of the molecule is CC(=O)O[C@H]1C[C@]2(C(C)(C)O)CO[C@@](c3ccc(C)c(Cc4ccc(CCCC(=O)NC(C)(C)C(=O)N(C)CCN(C)C)cc4)c3)(O2)[C@@H]1OC(C)=O. The molecule has 2 amide bonds. The second kappa shape index (κ2) is 16.0. The molecular weight excluding hydrogens is 666 g/mol. The van der Waals surface area contributed by atoms with Crippen LogP contribution in [-0.2, 0) is 56.8 Å². The minimum Gasteiger partial charge on any atom is -0.458 e. The van der Waals surface area contributed by atoms with Crippen LogP contribution in [0.15, 0.2) is 42.5 Å². The van der Waals surface area contributed by atoms with E-state index in [-0.39, 0.29) is 24.8 Å². The van der Waals surface area contributed by atoms with E-state index in [1.807, 2.05) is 44.1 Å². The molecule has 52 heavy (non-hydrogen) atoms. The molecule has 0 aromatic heterocycles. The van der Waals surface area contributed by atoms with Crippen LogP contribution >= 0.6 is 0 Å². The molecule has 12 nitrogen and oxygen atoms in total. The fraction of sp³-hybridized carbons (Fsp3) is 0.600. The average Bonchev–Trinajstić information content (AvgIpc) is 3.39. The molecule has 2 aromatic rings. The predicted octanol–water partition coefficient (Wildman–Crippen LogP) is 3.80. The molecule has 286 valence electrons. The molecule has 2 fully saturated rings. The van der Waals surface area contributed by atoms with Crippen molar-refractivity contribution in [2.75, 3.05) is 40.8 Å². The van der Waals surface area contributed by atoms with Gasteiger partial charge in [0.15, 0.2) is 6.10 Å². The molecule has 12 heteroatoms. The van der Waals surface area contributed by atoms with Crippen molar-refractivity contribution in [1.82, 2.24) is 15.1 Å². The highest BCUT2D eigenvalue weighted by Crippen LogP contribution is 2.55. The Kier molecular flexibility index (Phi) is 12.6. The maximum Gasteiger partial charge on any atom is 0.303 e. The van der Waals surface area contributed by atoms with Crippen molar-refractivity contribution in [3.63, 3.8) is 0 Å². The topological polar surface area (TPSA) is 144 Å². The van der Waals surface area contributed by atoms with Gasteiger partial charge < -0.3 is 39.2 Å². The molecule has 2 heterocycles. The van der Waals surface area contributed by atoms with Gasteiger partial charge >= 0.3 is 11.9 Å². The van der Waals surface area contributed by atoms with Crippen molar-refractivity contribution >= 4 is 23.8 Å². The molecule has 4 atom stereocenters. The third-order valence-corrected chi connectivity index (χ3v) is 10.1.